The molecule has 0 saturated carbocycles. The fourth-order valence-electron chi connectivity index (χ4n) is 2.23. The second-order valence-corrected chi connectivity index (χ2v) is 6.92. The minimum absolute atomic E-state index is 0.350. The van der Waals surface area contributed by atoms with E-state index in [1.54, 1.807) is 11.3 Å². The Morgan fingerprint density at radius 1 is 1.19 bits per heavy atom. The van der Waals surface area contributed by atoms with Crippen LogP contribution in [0.5, 0.6) is 0 Å². The summed E-state index contributed by atoms with van der Waals surface area (Å²) in [5, 5.41) is 6.14. The van der Waals surface area contributed by atoms with Crippen LogP contribution in [-0.2, 0) is 0 Å². The Kier molecular flexibility index (Phi) is 3.87. The highest BCUT2D eigenvalue weighted by molar-refractivity contribution is 9.10. The molecule has 0 bridgehead atoms. The molecule has 0 radical (unpaired) electrons. The van der Waals surface area contributed by atoms with Crippen LogP contribution in [0.3, 0.4) is 0 Å². The third kappa shape index (κ3) is 2.63. The average Bonchev–Trinajstić information content (AvgIpc) is 3.04. The van der Waals surface area contributed by atoms with Gasteiger partial charge in [-0.2, -0.15) is 0 Å². The second kappa shape index (κ2) is 5.66. The summed E-state index contributed by atoms with van der Waals surface area (Å²) < 4.78 is 6.22. The van der Waals surface area contributed by atoms with Gasteiger partial charge in [0.05, 0.1) is 10.4 Å². The van der Waals surface area contributed by atoms with Gasteiger partial charge in [-0.3, -0.25) is 0 Å². The number of anilines is 1. The van der Waals surface area contributed by atoms with Crippen molar-refractivity contribution in [3.8, 4) is 21.7 Å². The van der Waals surface area contributed by atoms with Gasteiger partial charge in [-0.25, -0.2) is 0 Å². The van der Waals surface area contributed by atoms with Gasteiger partial charge in [-0.15, -0.1) is 11.3 Å². The Hall–Kier alpha value is -1.59. The molecule has 0 fully saturated rings. The first-order chi connectivity index (χ1) is 10.1. The highest BCUT2D eigenvalue weighted by Gasteiger charge is 2.20. The van der Waals surface area contributed by atoms with Gasteiger partial charge in [0.25, 0.3) is 0 Å². The van der Waals surface area contributed by atoms with E-state index in [0.29, 0.717) is 11.8 Å². The highest BCUT2D eigenvalue weighted by atomic mass is 79.9. The van der Waals surface area contributed by atoms with Crippen LogP contribution in [0.25, 0.3) is 21.7 Å². The Morgan fingerprint density at radius 3 is 2.48 bits per heavy atom. The summed E-state index contributed by atoms with van der Waals surface area (Å²) in [6, 6.07) is 10.4. The lowest BCUT2D eigenvalue weighted by atomic mass is 9.98. The van der Waals surface area contributed by atoms with Crippen molar-refractivity contribution in [3.05, 3.63) is 45.7 Å². The van der Waals surface area contributed by atoms with Gasteiger partial charge in [0, 0.05) is 4.47 Å². The summed E-state index contributed by atoms with van der Waals surface area (Å²) in [7, 11) is 0. The first kappa shape index (κ1) is 14.4. The van der Waals surface area contributed by atoms with Gasteiger partial charge in [0.2, 0.25) is 5.88 Å². The van der Waals surface area contributed by atoms with Gasteiger partial charge >= 0.3 is 0 Å². The van der Waals surface area contributed by atoms with E-state index in [4.69, 9.17) is 10.3 Å². The molecule has 21 heavy (non-hydrogen) atoms. The standard InChI is InChI=1S/C16H15BrN2OS/c1-9(2)10-3-5-11(6-4-10)13-14(19-20-16(13)18)15-12(17)7-8-21-15/h3-9H,18H2,1-2H3. The van der Waals surface area contributed by atoms with Crippen molar-refractivity contribution in [3.63, 3.8) is 0 Å². The fourth-order valence-corrected chi connectivity index (χ4v) is 3.78. The Labute approximate surface area is 135 Å². The third-order valence-electron chi connectivity index (χ3n) is 3.42. The van der Waals surface area contributed by atoms with Gasteiger partial charge < -0.3 is 10.3 Å². The predicted molar refractivity (Wildman–Crippen MR) is 91.5 cm³/mol. The van der Waals surface area contributed by atoms with Crippen LogP contribution >= 0.6 is 27.3 Å². The number of hydrogen-bond acceptors (Lipinski definition) is 4. The van der Waals surface area contributed by atoms with Gasteiger partial charge in [0.15, 0.2) is 0 Å². The first-order valence-electron chi connectivity index (χ1n) is 6.66. The molecule has 2 N–H and O–H groups in total. The molecule has 1 aromatic carbocycles. The highest BCUT2D eigenvalue weighted by Crippen LogP contribution is 2.41. The van der Waals surface area contributed by atoms with E-state index < -0.39 is 0 Å². The number of nitrogens with zero attached hydrogens (tertiary/aromatic N) is 1. The quantitative estimate of drug-likeness (QED) is 0.665. The SMILES string of the molecule is CC(C)c1ccc(-c2c(-c3sccc3Br)noc2N)cc1. The van der Waals surface area contributed by atoms with Crippen LogP contribution in [0.1, 0.15) is 25.3 Å². The molecular formula is C16H15BrN2OS. The number of rotatable bonds is 3. The van der Waals surface area contributed by atoms with Crippen molar-refractivity contribution >= 4 is 33.2 Å². The number of nitrogen functional groups attached to an aromatic ring is 1. The van der Waals surface area contributed by atoms with Gasteiger partial charge in [0.1, 0.15) is 5.69 Å². The molecule has 3 aromatic rings. The van der Waals surface area contributed by atoms with Crippen LogP contribution in [0.2, 0.25) is 0 Å². The van der Waals surface area contributed by atoms with Crippen LogP contribution in [0.4, 0.5) is 5.88 Å². The van der Waals surface area contributed by atoms with E-state index in [9.17, 15) is 0 Å². The van der Waals surface area contributed by atoms with E-state index in [0.717, 1.165) is 26.2 Å². The molecule has 0 atom stereocenters. The maximum absolute atomic E-state index is 5.99. The molecule has 0 amide bonds. The summed E-state index contributed by atoms with van der Waals surface area (Å²) >= 11 is 5.15. The van der Waals surface area contributed by atoms with Crippen LogP contribution < -0.4 is 5.73 Å². The lowest BCUT2D eigenvalue weighted by Crippen LogP contribution is -1.90. The zero-order valence-corrected chi connectivity index (χ0v) is 14.2. The summed E-state index contributed by atoms with van der Waals surface area (Å²) in [6.45, 7) is 4.36. The summed E-state index contributed by atoms with van der Waals surface area (Å²) in [4.78, 5) is 1.03. The second-order valence-electron chi connectivity index (χ2n) is 5.14. The van der Waals surface area contributed by atoms with E-state index >= 15 is 0 Å². The first-order valence-corrected chi connectivity index (χ1v) is 8.34. The molecule has 2 heterocycles. The topological polar surface area (TPSA) is 52.0 Å². The fraction of sp³-hybridized carbons (Fsp3) is 0.188. The Bertz CT molecular complexity index is 759. The molecule has 0 unspecified atom stereocenters. The molecule has 0 spiro atoms. The van der Waals surface area contributed by atoms with E-state index in [2.05, 4.69) is 59.2 Å². The maximum Gasteiger partial charge on any atom is 0.230 e. The smallest absolute Gasteiger partial charge is 0.230 e. The molecule has 108 valence electrons. The lowest BCUT2D eigenvalue weighted by molar-refractivity contribution is 0.439. The van der Waals surface area contributed by atoms with Crippen molar-refractivity contribution in [2.75, 3.05) is 5.73 Å². The molecule has 5 heteroatoms. The Morgan fingerprint density at radius 2 is 1.90 bits per heavy atom. The van der Waals surface area contributed by atoms with Crippen molar-refractivity contribution in [1.29, 1.82) is 0 Å². The summed E-state index contributed by atoms with van der Waals surface area (Å²) in [5.41, 5.74) is 9.95. The summed E-state index contributed by atoms with van der Waals surface area (Å²) in [5.74, 6) is 0.854. The largest absolute Gasteiger partial charge is 0.367 e. The van der Waals surface area contributed by atoms with Crippen LogP contribution in [0.15, 0.2) is 44.7 Å². The van der Waals surface area contributed by atoms with E-state index in [-0.39, 0.29) is 0 Å². The minimum atomic E-state index is 0.350. The number of aromatic nitrogens is 1. The molecule has 3 rings (SSSR count). The van der Waals surface area contributed by atoms with Crippen LogP contribution in [0, 0.1) is 0 Å². The predicted octanol–water partition coefficient (Wildman–Crippen LogP) is 5.54. The zero-order valence-electron chi connectivity index (χ0n) is 11.8. The molecular weight excluding hydrogens is 348 g/mol. The van der Waals surface area contributed by atoms with Crippen molar-refractivity contribution in [2.24, 2.45) is 0 Å². The summed E-state index contributed by atoms with van der Waals surface area (Å²) in [6.07, 6.45) is 0. The monoisotopic (exact) mass is 362 g/mol. The lowest BCUT2D eigenvalue weighted by Gasteiger charge is -2.07. The molecule has 0 aliphatic rings. The van der Waals surface area contributed by atoms with E-state index in [1.807, 2.05) is 11.4 Å². The zero-order chi connectivity index (χ0) is 15.0. The number of thiophene rings is 1. The Balaban J connectivity index is 2.10. The van der Waals surface area contributed by atoms with Crippen molar-refractivity contribution in [1.82, 2.24) is 5.16 Å². The normalized spacial score (nSPS) is 11.2. The average molecular weight is 363 g/mol. The van der Waals surface area contributed by atoms with Gasteiger partial charge in [-0.1, -0.05) is 43.3 Å². The molecule has 2 aromatic heterocycles. The van der Waals surface area contributed by atoms with Crippen molar-refractivity contribution in [2.45, 2.75) is 19.8 Å². The molecule has 0 aliphatic heterocycles. The molecule has 3 nitrogen and oxygen atoms in total. The maximum atomic E-state index is 5.99. The van der Waals surface area contributed by atoms with E-state index in [1.165, 1.54) is 5.56 Å². The molecule has 0 aliphatic carbocycles. The van der Waals surface area contributed by atoms with Crippen molar-refractivity contribution < 1.29 is 4.52 Å². The number of hydrogen-bond donors (Lipinski definition) is 1. The molecule has 0 saturated heterocycles. The van der Waals surface area contributed by atoms with Gasteiger partial charge in [-0.05, 0) is 44.4 Å². The number of benzene rings is 1. The number of nitrogens with two attached hydrogens (primary N) is 1. The third-order valence-corrected chi connectivity index (χ3v) is 5.26. The van der Waals surface area contributed by atoms with Crippen LogP contribution in [-0.4, -0.2) is 5.16 Å². The minimum Gasteiger partial charge on any atom is -0.367 e. The number of halogens is 1.